The fourth-order valence-corrected chi connectivity index (χ4v) is 3.21. The van der Waals surface area contributed by atoms with Gasteiger partial charge in [0.2, 0.25) is 5.88 Å². The van der Waals surface area contributed by atoms with Crippen LogP contribution in [0.15, 0.2) is 66.9 Å². The number of fused-ring (bicyclic) bond motifs is 1. The van der Waals surface area contributed by atoms with E-state index in [0.717, 1.165) is 23.2 Å². The Morgan fingerprint density at radius 1 is 1.11 bits per heavy atom. The van der Waals surface area contributed by atoms with E-state index in [1.807, 2.05) is 48.5 Å². The van der Waals surface area contributed by atoms with Gasteiger partial charge in [0.05, 0.1) is 18.5 Å². The van der Waals surface area contributed by atoms with Gasteiger partial charge in [-0.3, -0.25) is 4.79 Å². The smallest absolute Gasteiger partial charge is 0.231 e. The summed E-state index contributed by atoms with van der Waals surface area (Å²) in [6, 6.07) is 18.8. The molecule has 0 aliphatic heterocycles. The van der Waals surface area contributed by atoms with Crippen LogP contribution in [-0.2, 0) is 6.42 Å². The average Bonchev–Trinajstić information content (AvgIpc) is 3.11. The van der Waals surface area contributed by atoms with Gasteiger partial charge in [0.25, 0.3) is 0 Å². The molecule has 0 radical (unpaired) electrons. The van der Waals surface area contributed by atoms with Crippen molar-refractivity contribution >= 4 is 23.0 Å². The normalized spacial score (nSPS) is 10.9. The van der Waals surface area contributed by atoms with E-state index in [4.69, 9.17) is 16.3 Å². The van der Waals surface area contributed by atoms with Gasteiger partial charge < -0.3 is 4.74 Å². The number of ketones is 1. The van der Waals surface area contributed by atoms with Crippen LogP contribution < -0.4 is 4.74 Å². The van der Waals surface area contributed by atoms with Crippen LogP contribution in [0.5, 0.6) is 5.88 Å². The van der Waals surface area contributed by atoms with Gasteiger partial charge in [-0.05, 0) is 36.8 Å². The molecule has 2 aromatic heterocycles. The molecule has 0 aliphatic rings. The van der Waals surface area contributed by atoms with Crippen molar-refractivity contribution in [3.8, 4) is 17.1 Å². The third-order valence-corrected chi connectivity index (χ3v) is 4.67. The monoisotopic (exact) mass is 391 g/mol. The Hall–Kier alpha value is -3.18. The first-order chi connectivity index (χ1) is 13.6. The molecule has 0 atom stereocenters. The maximum atomic E-state index is 11.7. The first-order valence-electron chi connectivity index (χ1n) is 8.93. The zero-order valence-corrected chi connectivity index (χ0v) is 16.1. The van der Waals surface area contributed by atoms with Crippen LogP contribution >= 0.6 is 11.6 Å². The Balaban J connectivity index is 1.56. The zero-order valence-electron chi connectivity index (χ0n) is 15.3. The molecule has 4 aromatic rings. The summed E-state index contributed by atoms with van der Waals surface area (Å²) in [6.45, 7) is 2.04. The molecule has 0 saturated heterocycles. The largest absolute Gasteiger partial charge is 0.476 e. The number of ether oxygens (including phenoxy) is 1. The zero-order chi connectivity index (χ0) is 19.5. The van der Waals surface area contributed by atoms with Crippen molar-refractivity contribution in [2.45, 2.75) is 13.3 Å². The summed E-state index contributed by atoms with van der Waals surface area (Å²) in [7, 11) is 0. The van der Waals surface area contributed by atoms with E-state index < -0.39 is 0 Å². The Morgan fingerprint density at radius 3 is 2.79 bits per heavy atom. The predicted molar refractivity (Wildman–Crippen MR) is 109 cm³/mol. The molecule has 28 heavy (non-hydrogen) atoms. The number of rotatable bonds is 6. The molecule has 4 rings (SSSR count). The number of hydrogen-bond acceptors (Lipinski definition) is 4. The first kappa shape index (κ1) is 18.2. The van der Waals surface area contributed by atoms with Gasteiger partial charge in [-0.25, -0.2) is 9.50 Å². The van der Waals surface area contributed by atoms with Crippen molar-refractivity contribution in [2.75, 3.05) is 6.61 Å². The topological polar surface area (TPSA) is 56.5 Å². The summed E-state index contributed by atoms with van der Waals surface area (Å²) < 4.78 is 7.55. The Bertz CT molecular complexity index is 1150. The van der Waals surface area contributed by atoms with E-state index in [2.05, 4.69) is 10.1 Å². The number of carbonyl (C=O) groups excluding carboxylic acids is 1. The predicted octanol–water partition coefficient (Wildman–Crippen LogP) is 4.87. The third-order valence-electron chi connectivity index (χ3n) is 4.43. The van der Waals surface area contributed by atoms with E-state index in [1.54, 1.807) is 29.8 Å². The van der Waals surface area contributed by atoms with Crippen LogP contribution in [0.2, 0.25) is 5.02 Å². The van der Waals surface area contributed by atoms with Gasteiger partial charge in [-0.15, -0.1) is 5.10 Å². The number of carbonyl (C=O) groups is 1. The lowest BCUT2D eigenvalue weighted by Gasteiger charge is -2.07. The van der Waals surface area contributed by atoms with Crippen LogP contribution in [0.3, 0.4) is 0 Å². The molecule has 2 aromatic carbocycles. The van der Waals surface area contributed by atoms with E-state index in [-0.39, 0.29) is 5.78 Å². The van der Waals surface area contributed by atoms with Gasteiger partial charge in [0, 0.05) is 28.6 Å². The van der Waals surface area contributed by atoms with Crippen molar-refractivity contribution in [3.63, 3.8) is 0 Å². The highest BCUT2D eigenvalue weighted by Crippen LogP contribution is 2.22. The SMILES string of the molecule is CC(=O)c1cccc(-c2cnc3ccc(OCCc4cccc(Cl)c4)nn23)c1. The summed E-state index contributed by atoms with van der Waals surface area (Å²) in [4.78, 5) is 16.1. The summed E-state index contributed by atoms with van der Waals surface area (Å²) in [5, 5.41) is 5.27. The Morgan fingerprint density at radius 2 is 1.96 bits per heavy atom. The summed E-state index contributed by atoms with van der Waals surface area (Å²) >= 11 is 6.02. The van der Waals surface area contributed by atoms with E-state index in [9.17, 15) is 4.79 Å². The van der Waals surface area contributed by atoms with Gasteiger partial charge >= 0.3 is 0 Å². The molecule has 0 amide bonds. The molecule has 2 heterocycles. The first-order valence-corrected chi connectivity index (χ1v) is 9.31. The van der Waals surface area contributed by atoms with Gasteiger partial charge in [-0.1, -0.05) is 41.9 Å². The fraction of sp³-hybridized carbons (Fsp3) is 0.136. The molecule has 0 aliphatic carbocycles. The highest BCUT2D eigenvalue weighted by molar-refractivity contribution is 6.30. The molecule has 0 saturated carbocycles. The quantitative estimate of drug-likeness (QED) is 0.440. The molecule has 0 bridgehead atoms. The third kappa shape index (κ3) is 3.89. The minimum atomic E-state index is 0.0219. The van der Waals surface area contributed by atoms with Crippen molar-refractivity contribution < 1.29 is 9.53 Å². The number of Topliss-reactive ketones (excluding diaryl/α,β-unsaturated/α-hetero) is 1. The van der Waals surface area contributed by atoms with Gasteiger partial charge in [-0.2, -0.15) is 0 Å². The maximum Gasteiger partial charge on any atom is 0.231 e. The molecule has 0 fully saturated rings. The number of halogens is 1. The highest BCUT2D eigenvalue weighted by atomic mass is 35.5. The lowest BCUT2D eigenvalue weighted by molar-refractivity contribution is 0.101. The standard InChI is InChI=1S/C22H18ClN3O2/c1-15(27)17-5-3-6-18(13-17)20-14-24-21-8-9-22(25-26(20)21)28-11-10-16-4-2-7-19(23)12-16/h2-9,12-14H,10-11H2,1H3. The second kappa shape index (κ2) is 7.82. The van der Waals surface area contributed by atoms with Crippen LogP contribution in [0.4, 0.5) is 0 Å². The number of hydrogen-bond donors (Lipinski definition) is 0. The van der Waals surface area contributed by atoms with Crippen molar-refractivity contribution in [1.29, 1.82) is 0 Å². The van der Waals surface area contributed by atoms with Gasteiger partial charge in [0.15, 0.2) is 11.4 Å². The lowest BCUT2D eigenvalue weighted by atomic mass is 10.1. The van der Waals surface area contributed by atoms with E-state index in [1.165, 1.54) is 0 Å². The molecular formula is C22H18ClN3O2. The molecular weight excluding hydrogens is 374 g/mol. The van der Waals surface area contributed by atoms with Crippen LogP contribution in [0.1, 0.15) is 22.8 Å². The van der Waals surface area contributed by atoms with Crippen molar-refractivity contribution in [2.24, 2.45) is 0 Å². The molecule has 140 valence electrons. The highest BCUT2D eigenvalue weighted by Gasteiger charge is 2.10. The molecule has 5 nitrogen and oxygen atoms in total. The van der Waals surface area contributed by atoms with Crippen LogP contribution in [0, 0.1) is 0 Å². The van der Waals surface area contributed by atoms with Crippen molar-refractivity contribution in [1.82, 2.24) is 14.6 Å². The van der Waals surface area contributed by atoms with Crippen LogP contribution in [0.25, 0.3) is 16.9 Å². The van der Waals surface area contributed by atoms with E-state index >= 15 is 0 Å². The second-order valence-electron chi connectivity index (χ2n) is 6.45. The molecule has 6 heteroatoms. The van der Waals surface area contributed by atoms with E-state index in [0.29, 0.717) is 28.7 Å². The fourth-order valence-electron chi connectivity index (χ4n) is 2.99. The van der Waals surface area contributed by atoms with Gasteiger partial charge in [0.1, 0.15) is 0 Å². The Kier molecular flexibility index (Phi) is 5.08. The second-order valence-corrected chi connectivity index (χ2v) is 6.89. The summed E-state index contributed by atoms with van der Waals surface area (Å²) in [5.41, 5.74) is 4.16. The molecule has 0 unspecified atom stereocenters. The number of aromatic nitrogens is 3. The maximum absolute atomic E-state index is 11.7. The molecule has 0 spiro atoms. The summed E-state index contributed by atoms with van der Waals surface area (Å²) in [6.07, 6.45) is 2.48. The molecule has 0 N–H and O–H groups in total. The van der Waals surface area contributed by atoms with Crippen molar-refractivity contribution in [3.05, 3.63) is 83.0 Å². The number of benzene rings is 2. The van der Waals surface area contributed by atoms with Crippen LogP contribution in [-0.4, -0.2) is 27.0 Å². The number of imidazole rings is 1. The lowest BCUT2D eigenvalue weighted by Crippen LogP contribution is -2.05. The Labute approximate surface area is 167 Å². The average molecular weight is 392 g/mol. The minimum absolute atomic E-state index is 0.0219. The minimum Gasteiger partial charge on any atom is -0.476 e. The summed E-state index contributed by atoms with van der Waals surface area (Å²) in [5.74, 6) is 0.533. The number of nitrogens with zero attached hydrogens (tertiary/aromatic N) is 3.